The molecule has 1 aromatic heterocycles. The Labute approximate surface area is 166 Å². The molecule has 0 radical (unpaired) electrons. The summed E-state index contributed by atoms with van der Waals surface area (Å²) in [5.41, 5.74) is 6.37. The van der Waals surface area contributed by atoms with Crippen molar-refractivity contribution in [3.05, 3.63) is 76.8 Å². The summed E-state index contributed by atoms with van der Waals surface area (Å²) < 4.78 is 13.9. The minimum absolute atomic E-state index is 0.0319. The predicted molar refractivity (Wildman–Crippen MR) is 106 cm³/mol. The third-order valence-electron chi connectivity index (χ3n) is 3.70. The van der Waals surface area contributed by atoms with Gasteiger partial charge >= 0.3 is 0 Å². The van der Waals surface area contributed by atoms with Crippen LogP contribution in [0.25, 0.3) is 11.1 Å². The Hall–Kier alpha value is -3.19. The van der Waals surface area contributed by atoms with E-state index in [-0.39, 0.29) is 18.7 Å². The highest BCUT2D eigenvalue weighted by atomic mass is 35.5. The van der Waals surface area contributed by atoms with Gasteiger partial charge in [-0.2, -0.15) is 5.10 Å². The standard InChI is InChI=1S/C14H15FN4O2.C6H5Cl/c1-8-12(9-4-2-3-5-10(9)15)13(19-18-8)14(21)17-7-6-11(16)20;7-6-4-2-1-3-5-6/h2-5H,6-7H2,1H3,(H2,16,20)(H,17,21)(H,18,19);1-5H. The molecular formula is C20H20ClFN4O2. The van der Waals surface area contributed by atoms with Gasteiger partial charge in [-0.25, -0.2) is 4.39 Å². The first kappa shape index (κ1) is 21.1. The molecule has 4 N–H and O–H groups in total. The Kier molecular flexibility index (Phi) is 7.71. The Bertz CT molecular complexity index is 944. The van der Waals surface area contributed by atoms with Gasteiger partial charge in [0.25, 0.3) is 5.91 Å². The van der Waals surface area contributed by atoms with Crippen molar-refractivity contribution in [3.8, 4) is 11.1 Å². The molecule has 3 rings (SSSR count). The van der Waals surface area contributed by atoms with Gasteiger partial charge in [-0.15, -0.1) is 0 Å². The number of rotatable bonds is 5. The van der Waals surface area contributed by atoms with E-state index in [4.69, 9.17) is 17.3 Å². The lowest BCUT2D eigenvalue weighted by molar-refractivity contribution is -0.117. The van der Waals surface area contributed by atoms with Gasteiger partial charge in [0.1, 0.15) is 5.82 Å². The van der Waals surface area contributed by atoms with Crippen LogP contribution in [0, 0.1) is 12.7 Å². The number of nitrogens with one attached hydrogen (secondary N) is 2. The fraction of sp³-hybridized carbons (Fsp3) is 0.150. The molecule has 6 nitrogen and oxygen atoms in total. The Morgan fingerprint density at radius 2 is 1.79 bits per heavy atom. The van der Waals surface area contributed by atoms with Crippen molar-refractivity contribution in [1.29, 1.82) is 0 Å². The second kappa shape index (κ2) is 10.2. The zero-order valence-corrected chi connectivity index (χ0v) is 16.0. The fourth-order valence-corrected chi connectivity index (χ4v) is 2.53. The maximum Gasteiger partial charge on any atom is 0.272 e. The molecular weight excluding hydrogens is 383 g/mol. The Morgan fingerprint density at radius 1 is 1.14 bits per heavy atom. The SMILES string of the molecule is Cc1[nH]nc(C(=O)NCCC(N)=O)c1-c1ccccc1F.Clc1ccccc1. The third kappa shape index (κ3) is 5.92. The van der Waals surface area contributed by atoms with Gasteiger partial charge in [0.05, 0.1) is 0 Å². The Morgan fingerprint density at radius 3 is 2.36 bits per heavy atom. The smallest absolute Gasteiger partial charge is 0.272 e. The van der Waals surface area contributed by atoms with Gasteiger partial charge < -0.3 is 11.1 Å². The van der Waals surface area contributed by atoms with Crippen LogP contribution in [0.2, 0.25) is 5.02 Å². The first-order chi connectivity index (χ1) is 13.4. The van der Waals surface area contributed by atoms with E-state index in [1.54, 1.807) is 25.1 Å². The molecule has 1 heterocycles. The van der Waals surface area contributed by atoms with Crippen LogP contribution in [-0.4, -0.2) is 28.6 Å². The van der Waals surface area contributed by atoms with E-state index >= 15 is 0 Å². The van der Waals surface area contributed by atoms with E-state index < -0.39 is 17.6 Å². The minimum atomic E-state index is -0.511. The number of nitrogens with two attached hydrogens (primary N) is 1. The monoisotopic (exact) mass is 402 g/mol. The van der Waals surface area contributed by atoms with Crippen LogP contribution in [0.5, 0.6) is 0 Å². The lowest BCUT2D eigenvalue weighted by Crippen LogP contribution is -2.28. The van der Waals surface area contributed by atoms with Crippen molar-refractivity contribution in [2.45, 2.75) is 13.3 Å². The van der Waals surface area contributed by atoms with Crippen molar-refractivity contribution in [2.24, 2.45) is 5.73 Å². The normalized spacial score (nSPS) is 9.96. The van der Waals surface area contributed by atoms with Crippen LogP contribution < -0.4 is 11.1 Å². The van der Waals surface area contributed by atoms with E-state index in [2.05, 4.69) is 15.5 Å². The van der Waals surface area contributed by atoms with Crippen LogP contribution >= 0.6 is 11.6 Å². The molecule has 0 saturated heterocycles. The number of aryl methyl sites for hydroxylation is 1. The van der Waals surface area contributed by atoms with Crippen molar-refractivity contribution in [3.63, 3.8) is 0 Å². The number of carbonyl (C=O) groups is 2. The highest BCUT2D eigenvalue weighted by molar-refractivity contribution is 6.30. The van der Waals surface area contributed by atoms with E-state index in [0.29, 0.717) is 16.8 Å². The van der Waals surface area contributed by atoms with E-state index in [9.17, 15) is 14.0 Å². The first-order valence-corrected chi connectivity index (χ1v) is 8.85. The summed E-state index contributed by atoms with van der Waals surface area (Å²) in [6.45, 7) is 1.81. The lowest BCUT2D eigenvalue weighted by Gasteiger charge is -2.06. The van der Waals surface area contributed by atoms with Gasteiger partial charge in [0, 0.05) is 34.8 Å². The third-order valence-corrected chi connectivity index (χ3v) is 3.95. The molecule has 0 aliphatic rings. The number of benzene rings is 2. The van der Waals surface area contributed by atoms with E-state index in [1.807, 2.05) is 30.3 Å². The average Bonchev–Trinajstić information content (AvgIpc) is 3.04. The summed E-state index contributed by atoms with van der Waals surface area (Å²) in [5.74, 6) is -1.44. The largest absolute Gasteiger partial charge is 0.370 e. The van der Waals surface area contributed by atoms with Crippen LogP contribution in [-0.2, 0) is 4.79 Å². The van der Waals surface area contributed by atoms with Crippen molar-refractivity contribution >= 4 is 23.4 Å². The molecule has 8 heteroatoms. The van der Waals surface area contributed by atoms with E-state index in [1.165, 1.54) is 6.07 Å². The maximum atomic E-state index is 13.9. The molecule has 0 unspecified atom stereocenters. The zero-order chi connectivity index (χ0) is 20.5. The van der Waals surface area contributed by atoms with E-state index in [0.717, 1.165) is 5.02 Å². The number of carbonyl (C=O) groups excluding carboxylic acids is 2. The summed E-state index contributed by atoms with van der Waals surface area (Å²) >= 11 is 5.54. The molecule has 3 aromatic rings. The van der Waals surface area contributed by atoms with Gasteiger partial charge in [0.15, 0.2) is 5.69 Å². The topological polar surface area (TPSA) is 101 Å². The number of hydrogen-bond acceptors (Lipinski definition) is 3. The predicted octanol–water partition coefficient (Wildman–Crippen LogP) is 3.47. The maximum absolute atomic E-state index is 13.9. The molecule has 146 valence electrons. The highest BCUT2D eigenvalue weighted by Gasteiger charge is 2.20. The van der Waals surface area contributed by atoms with Gasteiger partial charge in [-0.3, -0.25) is 14.7 Å². The summed E-state index contributed by atoms with van der Waals surface area (Å²) in [7, 11) is 0. The first-order valence-electron chi connectivity index (χ1n) is 8.47. The molecule has 0 bridgehead atoms. The second-order valence-electron chi connectivity index (χ2n) is 5.82. The molecule has 28 heavy (non-hydrogen) atoms. The van der Waals surface area contributed by atoms with Crippen LogP contribution in [0.4, 0.5) is 4.39 Å². The minimum Gasteiger partial charge on any atom is -0.370 e. The van der Waals surface area contributed by atoms with Gasteiger partial charge in [-0.05, 0) is 25.1 Å². The number of amides is 2. The number of halogens is 2. The number of aromatic amines is 1. The summed E-state index contributed by atoms with van der Waals surface area (Å²) in [6.07, 6.45) is 0.0319. The van der Waals surface area contributed by atoms with Crippen LogP contribution in [0.1, 0.15) is 22.6 Å². The quantitative estimate of drug-likeness (QED) is 0.609. The number of nitrogens with zero attached hydrogens (tertiary/aromatic N) is 1. The summed E-state index contributed by atoms with van der Waals surface area (Å²) in [5, 5.41) is 9.91. The molecule has 0 fully saturated rings. The van der Waals surface area contributed by atoms with Crippen LogP contribution in [0.15, 0.2) is 54.6 Å². The fourth-order valence-electron chi connectivity index (χ4n) is 2.38. The Balaban J connectivity index is 0.000000336. The van der Waals surface area contributed by atoms with Gasteiger partial charge in [0.2, 0.25) is 5.91 Å². The molecule has 0 aliphatic heterocycles. The molecule has 0 atom stereocenters. The molecule has 0 spiro atoms. The van der Waals surface area contributed by atoms with Crippen molar-refractivity contribution in [2.75, 3.05) is 6.54 Å². The molecule has 0 saturated carbocycles. The summed E-state index contributed by atoms with van der Waals surface area (Å²) in [4.78, 5) is 22.7. The number of hydrogen-bond donors (Lipinski definition) is 3. The number of aromatic nitrogens is 2. The molecule has 0 aliphatic carbocycles. The highest BCUT2D eigenvalue weighted by Crippen LogP contribution is 2.27. The van der Waals surface area contributed by atoms with Crippen LogP contribution in [0.3, 0.4) is 0 Å². The molecule has 2 amide bonds. The average molecular weight is 403 g/mol. The number of H-pyrrole nitrogens is 1. The molecule has 2 aromatic carbocycles. The van der Waals surface area contributed by atoms with Crippen molar-refractivity contribution < 1.29 is 14.0 Å². The summed E-state index contributed by atoms with van der Waals surface area (Å²) in [6, 6.07) is 15.6. The lowest BCUT2D eigenvalue weighted by atomic mass is 10.0. The second-order valence-corrected chi connectivity index (χ2v) is 6.26. The number of primary amides is 1. The van der Waals surface area contributed by atoms with Gasteiger partial charge in [-0.1, -0.05) is 48.0 Å². The zero-order valence-electron chi connectivity index (χ0n) is 15.2. The van der Waals surface area contributed by atoms with Crippen molar-refractivity contribution in [1.82, 2.24) is 15.5 Å².